The second-order valence-corrected chi connectivity index (χ2v) is 8.74. The lowest BCUT2D eigenvalue weighted by Gasteiger charge is -2.63. The van der Waals surface area contributed by atoms with E-state index in [1.165, 1.54) is 17.8 Å². The van der Waals surface area contributed by atoms with E-state index in [4.69, 9.17) is 23.2 Å². The van der Waals surface area contributed by atoms with Crippen LogP contribution in [0.1, 0.15) is 43.6 Å². The van der Waals surface area contributed by atoms with Crippen LogP contribution in [0.5, 0.6) is 0 Å². The summed E-state index contributed by atoms with van der Waals surface area (Å²) in [5.41, 5.74) is 1.29. The first kappa shape index (κ1) is 16.4. The van der Waals surface area contributed by atoms with E-state index in [0.717, 1.165) is 23.4 Å². The van der Waals surface area contributed by atoms with E-state index >= 15 is 0 Å². The van der Waals surface area contributed by atoms with E-state index in [9.17, 15) is 4.79 Å². The summed E-state index contributed by atoms with van der Waals surface area (Å²) >= 11 is 13.8. The predicted octanol–water partition coefficient (Wildman–Crippen LogP) is 5.52. The maximum absolute atomic E-state index is 13.0. The maximum Gasteiger partial charge on any atom is 0.274 e. The first-order valence-corrected chi connectivity index (χ1v) is 9.78. The molecule has 2 aromatic rings. The normalized spacial score (nSPS) is 28.6. The van der Waals surface area contributed by atoms with Gasteiger partial charge in [-0.3, -0.25) is 4.79 Å². The molecule has 1 amide bonds. The lowest BCUT2D eigenvalue weighted by molar-refractivity contribution is -0.0968. The number of halogens is 2. The second kappa shape index (κ2) is 5.72. The molecule has 2 saturated heterocycles. The van der Waals surface area contributed by atoms with Crippen molar-refractivity contribution in [2.24, 2.45) is 5.92 Å². The van der Waals surface area contributed by atoms with E-state index in [2.05, 4.69) is 23.7 Å². The number of amides is 1. The van der Waals surface area contributed by atoms with Crippen molar-refractivity contribution in [1.29, 1.82) is 0 Å². The molecule has 0 radical (unpaired) electrons. The van der Waals surface area contributed by atoms with Crippen molar-refractivity contribution in [2.45, 2.75) is 44.7 Å². The van der Waals surface area contributed by atoms with Crippen LogP contribution < -0.4 is 0 Å². The van der Waals surface area contributed by atoms with E-state index in [1.807, 2.05) is 17.5 Å². The summed E-state index contributed by atoms with van der Waals surface area (Å²) in [6.07, 6.45) is 3.38. The summed E-state index contributed by atoms with van der Waals surface area (Å²) in [5, 5.41) is 3.54. The fourth-order valence-corrected chi connectivity index (χ4v) is 5.29. The maximum atomic E-state index is 13.0. The third-order valence-electron chi connectivity index (χ3n) is 5.48. The van der Waals surface area contributed by atoms with Gasteiger partial charge in [0.25, 0.3) is 5.91 Å². The fraction of sp³-hybridized carbons (Fsp3) is 0.444. The van der Waals surface area contributed by atoms with Crippen molar-refractivity contribution in [3.63, 3.8) is 0 Å². The van der Waals surface area contributed by atoms with Gasteiger partial charge in [0.1, 0.15) is 10.7 Å². The van der Waals surface area contributed by atoms with Gasteiger partial charge in [0.05, 0.1) is 10.0 Å². The number of hydrogen-bond donors (Lipinski definition) is 0. The van der Waals surface area contributed by atoms with Gasteiger partial charge in [-0.05, 0) is 38.2 Å². The first-order valence-electron chi connectivity index (χ1n) is 8.14. The highest BCUT2D eigenvalue weighted by atomic mass is 35.5. The Bertz CT molecular complexity index is 817. The number of thiazole rings is 1. The number of nitrogens with zero attached hydrogens (tertiary/aromatic N) is 2. The summed E-state index contributed by atoms with van der Waals surface area (Å²) in [7, 11) is 0. The molecule has 3 aliphatic rings. The van der Waals surface area contributed by atoms with Gasteiger partial charge in [-0.25, -0.2) is 4.98 Å². The van der Waals surface area contributed by atoms with Crippen LogP contribution in [0, 0.1) is 5.92 Å². The standard InChI is InChI=1S/C18H18Cl2N2OS/c1-10-6-7-18(2)8-14(10)22(18)17(23)13-9-24-16(21-13)11-4-3-5-12(19)15(11)20/h3-5,9-10,14H,6-8H2,1-2H3/t10-,14?,18+/m0/s1. The third-order valence-corrected chi connectivity index (χ3v) is 7.18. The molecule has 1 aromatic heterocycles. The van der Waals surface area contributed by atoms with E-state index in [-0.39, 0.29) is 11.4 Å². The van der Waals surface area contributed by atoms with Gasteiger partial charge in [0.15, 0.2) is 0 Å². The molecule has 5 rings (SSSR count). The zero-order chi connectivity index (χ0) is 17.1. The van der Waals surface area contributed by atoms with Gasteiger partial charge in [-0.1, -0.05) is 42.3 Å². The molecule has 1 aromatic carbocycles. The zero-order valence-corrected chi connectivity index (χ0v) is 15.9. The van der Waals surface area contributed by atoms with E-state index in [0.29, 0.717) is 27.7 Å². The van der Waals surface area contributed by atoms with Crippen LogP contribution in [0.3, 0.4) is 0 Å². The lowest BCUT2D eigenvalue weighted by Crippen LogP contribution is -2.71. The number of carbonyl (C=O) groups excluding carboxylic acids is 1. The predicted molar refractivity (Wildman–Crippen MR) is 98.9 cm³/mol. The molecular formula is C18H18Cl2N2OS. The Kier molecular flexibility index (Phi) is 3.90. The van der Waals surface area contributed by atoms with E-state index < -0.39 is 0 Å². The molecule has 3 heterocycles. The zero-order valence-electron chi connectivity index (χ0n) is 13.6. The van der Waals surface area contributed by atoms with Gasteiger partial charge in [-0.2, -0.15) is 0 Å². The number of piperidine rings is 1. The minimum Gasteiger partial charge on any atom is -0.328 e. The van der Waals surface area contributed by atoms with Crippen molar-refractivity contribution in [1.82, 2.24) is 9.88 Å². The molecule has 24 heavy (non-hydrogen) atoms. The molecule has 0 N–H and O–H groups in total. The minimum atomic E-state index is 0.00569. The highest BCUT2D eigenvalue weighted by molar-refractivity contribution is 7.13. The van der Waals surface area contributed by atoms with Crippen molar-refractivity contribution in [3.8, 4) is 10.6 Å². The summed E-state index contributed by atoms with van der Waals surface area (Å²) in [5.74, 6) is 0.609. The molecular weight excluding hydrogens is 363 g/mol. The van der Waals surface area contributed by atoms with Gasteiger partial charge in [-0.15, -0.1) is 11.3 Å². The van der Waals surface area contributed by atoms with Crippen molar-refractivity contribution in [2.75, 3.05) is 0 Å². The molecule has 3 atom stereocenters. The molecule has 3 nitrogen and oxygen atoms in total. The molecule has 3 fully saturated rings. The van der Waals surface area contributed by atoms with Crippen LogP contribution in [0.25, 0.3) is 10.6 Å². The summed E-state index contributed by atoms with van der Waals surface area (Å²) in [6.45, 7) is 4.43. The SMILES string of the molecule is C[C@H]1CC[C@]2(C)CC1N2C(=O)c1csc(-c2cccc(Cl)c2Cl)n1. The number of fused-ring (bicyclic) bond motifs is 2. The van der Waals surface area contributed by atoms with Crippen LogP contribution in [-0.4, -0.2) is 27.4 Å². The topological polar surface area (TPSA) is 33.2 Å². The second-order valence-electron chi connectivity index (χ2n) is 7.10. The monoisotopic (exact) mass is 380 g/mol. The highest BCUT2D eigenvalue weighted by Gasteiger charge is 2.56. The molecule has 6 heteroatoms. The summed E-state index contributed by atoms with van der Waals surface area (Å²) in [4.78, 5) is 19.6. The number of carbonyl (C=O) groups is 1. The smallest absolute Gasteiger partial charge is 0.274 e. The van der Waals surface area contributed by atoms with Crippen molar-refractivity contribution in [3.05, 3.63) is 39.3 Å². The molecule has 1 unspecified atom stereocenters. The highest BCUT2D eigenvalue weighted by Crippen LogP contribution is 2.50. The average Bonchev–Trinajstić information content (AvgIpc) is 3.02. The number of aromatic nitrogens is 1. The molecule has 2 aliphatic heterocycles. The molecule has 0 spiro atoms. The number of benzene rings is 1. The van der Waals surface area contributed by atoms with Crippen LogP contribution >= 0.6 is 34.5 Å². The lowest BCUT2D eigenvalue weighted by atomic mass is 9.64. The van der Waals surface area contributed by atoms with Crippen LogP contribution in [0.4, 0.5) is 0 Å². The first-order chi connectivity index (χ1) is 11.4. The molecule has 2 bridgehead atoms. The fourth-order valence-electron chi connectivity index (χ4n) is 4.02. The summed E-state index contributed by atoms with van der Waals surface area (Å²) < 4.78 is 0. The quantitative estimate of drug-likeness (QED) is 0.686. The molecule has 126 valence electrons. The number of hydrogen-bond acceptors (Lipinski definition) is 3. The van der Waals surface area contributed by atoms with Gasteiger partial charge in [0.2, 0.25) is 0 Å². The molecule has 1 saturated carbocycles. The Labute approximate surface area is 155 Å². The Morgan fingerprint density at radius 1 is 1.42 bits per heavy atom. The molecule has 1 aliphatic carbocycles. The van der Waals surface area contributed by atoms with Crippen LogP contribution in [-0.2, 0) is 0 Å². The van der Waals surface area contributed by atoms with Crippen molar-refractivity contribution < 1.29 is 4.79 Å². The van der Waals surface area contributed by atoms with Gasteiger partial charge in [0, 0.05) is 22.5 Å². The Balaban J connectivity index is 1.64. The Morgan fingerprint density at radius 3 is 2.96 bits per heavy atom. The largest absolute Gasteiger partial charge is 0.328 e. The third kappa shape index (κ3) is 2.39. The van der Waals surface area contributed by atoms with E-state index in [1.54, 1.807) is 6.07 Å². The van der Waals surface area contributed by atoms with Crippen molar-refractivity contribution >= 4 is 40.4 Å². The Hall–Kier alpha value is -1.10. The summed E-state index contributed by atoms with van der Waals surface area (Å²) in [6, 6.07) is 5.82. The average molecular weight is 381 g/mol. The number of rotatable bonds is 2. The van der Waals surface area contributed by atoms with Crippen LogP contribution in [0.15, 0.2) is 23.6 Å². The Morgan fingerprint density at radius 2 is 2.21 bits per heavy atom. The van der Waals surface area contributed by atoms with Gasteiger partial charge < -0.3 is 4.90 Å². The van der Waals surface area contributed by atoms with Crippen LogP contribution in [0.2, 0.25) is 10.0 Å². The minimum absolute atomic E-state index is 0.00569. The van der Waals surface area contributed by atoms with Gasteiger partial charge >= 0.3 is 0 Å².